The van der Waals surface area contributed by atoms with Crippen LogP contribution in [0.4, 0.5) is 0 Å². The second-order valence-corrected chi connectivity index (χ2v) is 4.15. The smallest absolute Gasteiger partial charge is 0.0256 e. The third-order valence-corrected chi connectivity index (χ3v) is 2.94. The average molecular weight is 249 g/mol. The standard InChI is InChI=1S/C12H11BrN/c13-12-8-9(5-6-14)7-10-3-1-2-4-11(10)12/h1-4,7-8,14H,5-6H2. The molecule has 0 unspecified atom stereocenters. The molecule has 0 bridgehead atoms. The number of benzene rings is 2. The molecule has 0 atom stereocenters. The third kappa shape index (κ3) is 1.81. The normalized spacial score (nSPS) is 10.7. The van der Waals surface area contributed by atoms with E-state index in [0.717, 1.165) is 10.9 Å². The van der Waals surface area contributed by atoms with Gasteiger partial charge in [0.25, 0.3) is 0 Å². The van der Waals surface area contributed by atoms with Crippen LogP contribution >= 0.6 is 15.9 Å². The van der Waals surface area contributed by atoms with Gasteiger partial charge in [-0.25, -0.2) is 0 Å². The maximum atomic E-state index is 7.20. The lowest BCUT2D eigenvalue weighted by molar-refractivity contribution is 0.942. The Balaban J connectivity index is 2.60. The van der Waals surface area contributed by atoms with Crippen LogP contribution in [0, 0.1) is 0 Å². The number of hydrogen-bond acceptors (Lipinski definition) is 0. The molecule has 2 aromatic carbocycles. The molecule has 0 aliphatic rings. The van der Waals surface area contributed by atoms with Gasteiger partial charge in [0.15, 0.2) is 0 Å². The zero-order chi connectivity index (χ0) is 9.97. The second-order valence-electron chi connectivity index (χ2n) is 3.30. The van der Waals surface area contributed by atoms with Gasteiger partial charge in [0.1, 0.15) is 0 Å². The number of hydrogen-bond donors (Lipinski definition) is 0. The summed E-state index contributed by atoms with van der Waals surface area (Å²) in [6, 6.07) is 12.6. The third-order valence-electron chi connectivity index (χ3n) is 2.28. The summed E-state index contributed by atoms with van der Waals surface area (Å²) in [6.07, 6.45) is 0.823. The Bertz CT molecular complexity index is 451. The molecule has 0 saturated carbocycles. The van der Waals surface area contributed by atoms with Crippen LogP contribution in [0.25, 0.3) is 10.8 Å². The molecule has 2 rings (SSSR count). The molecule has 0 aliphatic heterocycles. The lowest BCUT2D eigenvalue weighted by Gasteiger charge is -2.04. The van der Waals surface area contributed by atoms with Crippen LogP contribution in [-0.2, 0) is 6.42 Å². The van der Waals surface area contributed by atoms with E-state index in [9.17, 15) is 0 Å². The zero-order valence-corrected chi connectivity index (χ0v) is 9.34. The zero-order valence-electron chi connectivity index (χ0n) is 7.76. The molecule has 0 amide bonds. The van der Waals surface area contributed by atoms with Crippen LogP contribution < -0.4 is 5.73 Å². The van der Waals surface area contributed by atoms with Gasteiger partial charge in [-0.15, -0.1) is 0 Å². The summed E-state index contributed by atoms with van der Waals surface area (Å²) >= 11 is 3.56. The van der Waals surface area contributed by atoms with Crippen molar-refractivity contribution < 1.29 is 0 Å². The molecule has 0 aliphatic carbocycles. The largest absolute Gasteiger partial charge is 0.258 e. The lowest BCUT2D eigenvalue weighted by Crippen LogP contribution is -1.92. The first-order valence-electron chi connectivity index (χ1n) is 4.63. The Kier molecular flexibility index (Phi) is 2.85. The van der Waals surface area contributed by atoms with Crippen LogP contribution in [-0.4, -0.2) is 6.54 Å². The van der Waals surface area contributed by atoms with Gasteiger partial charge in [-0.2, -0.15) is 0 Å². The molecule has 2 heteroatoms. The molecule has 0 aromatic heterocycles. The minimum atomic E-state index is 0.449. The predicted octanol–water partition coefficient (Wildman–Crippen LogP) is 3.43. The van der Waals surface area contributed by atoms with E-state index in [1.807, 2.05) is 12.1 Å². The van der Waals surface area contributed by atoms with Crippen molar-refractivity contribution in [2.45, 2.75) is 6.42 Å². The minimum absolute atomic E-state index is 0.449. The van der Waals surface area contributed by atoms with Gasteiger partial charge in [0.05, 0.1) is 0 Å². The summed E-state index contributed by atoms with van der Waals surface area (Å²) in [6.45, 7) is 0.449. The van der Waals surface area contributed by atoms with Crippen molar-refractivity contribution in [1.82, 2.24) is 5.73 Å². The molecule has 1 N–H and O–H groups in total. The fourth-order valence-corrected chi connectivity index (χ4v) is 2.27. The van der Waals surface area contributed by atoms with Gasteiger partial charge < -0.3 is 0 Å². The van der Waals surface area contributed by atoms with Crippen LogP contribution in [0.15, 0.2) is 40.9 Å². The van der Waals surface area contributed by atoms with E-state index < -0.39 is 0 Å². The van der Waals surface area contributed by atoms with Gasteiger partial charge in [-0.3, -0.25) is 5.73 Å². The van der Waals surface area contributed by atoms with E-state index >= 15 is 0 Å². The molecular weight excluding hydrogens is 238 g/mol. The number of fused-ring (bicyclic) bond motifs is 1. The highest BCUT2D eigenvalue weighted by molar-refractivity contribution is 9.10. The summed E-state index contributed by atoms with van der Waals surface area (Å²) in [4.78, 5) is 0. The van der Waals surface area contributed by atoms with Crippen molar-refractivity contribution in [2.75, 3.05) is 6.54 Å². The highest BCUT2D eigenvalue weighted by atomic mass is 79.9. The van der Waals surface area contributed by atoms with E-state index in [1.165, 1.54) is 16.3 Å². The lowest BCUT2D eigenvalue weighted by atomic mass is 10.1. The van der Waals surface area contributed by atoms with E-state index in [-0.39, 0.29) is 0 Å². The molecule has 0 spiro atoms. The molecule has 0 saturated heterocycles. The van der Waals surface area contributed by atoms with Crippen LogP contribution in [0.2, 0.25) is 0 Å². The van der Waals surface area contributed by atoms with E-state index in [1.54, 1.807) is 0 Å². The van der Waals surface area contributed by atoms with Crippen molar-refractivity contribution in [2.24, 2.45) is 0 Å². The van der Waals surface area contributed by atoms with Gasteiger partial charge in [-0.1, -0.05) is 46.3 Å². The van der Waals surface area contributed by atoms with Crippen LogP contribution in [0.3, 0.4) is 0 Å². The Labute approximate surface area is 92.1 Å². The summed E-state index contributed by atoms with van der Waals surface area (Å²) in [5.41, 5.74) is 8.43. The maximum Gasteiger partial charge on any atom is 0.0256 e. The van der Waals surface area contributed by atoms with Crippen molar-refractivity contribution >= 4 is 26.7 Å². The van der Waals surface area contributed by atoms with E-state index in [4.69, 9.17) is 5.73 Å². The molecule has 14 heavy (non-hydrogen) atoms. The number of halogens is 1. The molecular formula is C12H11BrN. The molecule has 71 valence electrons. The topological polar surface area (TPSA) is 23.8 Å². The first-order chi connectivity index (χ1) is 6.81. The molecule has 1 radical (unpaired) electrons. The van der Waals surface area contributed by atoms with Crippen LogP contribution in [0.5, 0.6) is 0 Å². The minimum Gasteiger partial charge on any atom is -0.258 e. The summed E-state index contributed by atoms with van der Waals surface area (Å²) in [7, 11) is 0. The Morgan fingerprint density at radius 2 is 1.93 bits per heavy atom. The first-order valence-corrected chi connectivity index (χ1v) is 5.42. The van der Waals surface area contributed by atoms with Gasteiger partial charge >= 0.3 is 0 Å². The average Bonchev–Trinajstić information content (AvgIpc) is 2.18. The Morgan fingerprint density at radius 1 is 1.14 bits per heavy atom. The maximum absolute atomic E-state index is 7.20. The summed E-state index contributed by atoms with van der Waals surface area (Å²) in [5, 5.41) is 2.48. The highest BCUT2D eigenvalue weighted by Gasteiger charge is 2.00. The molecule has 0 fully saturated rings. The van der Waals surface area contributed by atoms with Gasteiger partial charge in [-0.05, 0) is 28.8 Å². The SMILES string of the molecule is [NH]CCc1cc(Br)c2ccccc2c1. The molecule has 1 nitrogen and oxygen atoms in total. The second kappa shape index (κ2) is 4.11. The van der Waals surface area contributed by atoms with Gasteiger partial charge in [0.2, 0.25) is 0 Å². The number of rotatable bonds is 2. The first kappa shape index (κ1) is 9.69. The fourth-order valence-electron chi connectivity index (χ4n) is 1.61. The van der Waals surface area contributed by atoms with Crippen molar-refractivity contribution in [1.29, 1.82) is 0 Å². The van der Waals surface area contributed by atoms with E-state index in [2.05, 4.69) is 40.2 Å². The van der Waals surface area contributed by atoms with Crippen molar-refractivity contribution in [3.8, 4) is 0 Å². The molecule has 0 heterocycles. The quantitative estimate of drug-likeness (QED) is 0.778. The predicted molar refractivity (Wildman–Crippen MR) is 63.3 cm³/mol. The monoisotopic (exact) mass is 248 g/mol. The summed E-state index contributed by atoms with van der Waals surface area (Å²) < 4.78 is 1.12. The van der Waals surface area contributed by atoms with E-state index in [0.29, 0.717) is 6.54 Å². The summed E-state index contributed by atoms with van der Waals surface area (Å²) in [5.74, 6) is 0. The Hall–Kier alpha value is -0.860. The molecule has 2 aromatic rings. The number of nitrogens with one attached hydrogen (secondary N) is 1. The van der Waals surface area contributed by atoms with Crippen molar-refractivity contribution in [3.05, 3.63) is 46.4 Å². The Morgan fingerprint density at radius 3 is 2.71 bits per heavy atom. The highest BCUT2D eigenvalue weighted by Crippen LogP contribution is 2.25. The fraction of sp³-hybridized carbons (Fsp3) is 0.167. The van der Waals surface area contributed by atoms with Gasteiger partial charge in [0, 0.05) is 11.0 Å². The van der Waals surface area contributed by atoms with Crippen molar-refractivity contribution in [3.63, 3.8) is 0 Å². The van der Waals surface area contributed by atoms with Crippen LogP contribution in [0.1, 0.15) is 5.56 Å².